The molecule has 0 bridgehead atoms. The summed E-state index contributed by atoms with van der Waals surface area (Å²) >= 11 is 3.13. The molecule has 0 aliphatic heterocycles. The van der Waals surface area contributed by atoms with E-state index in [1.165, 1.54) is 11.8 Å². The van der Waals surface area contributed by atoms with Gasteiger partial charge in [0.2, 0.25) is 5.91 Å². The highest BCUT2D eigenvalue weighted by molar-refractivity contribution is 7.99. The molecular formula is C17H24N4O2S2. The SMILES string of the molecule is CC(C)OCCCNC(=O)CSc1nnc(-c2cccs2)n1C1CC1. The Morgan fingerprint density at radius 1 is 1.48 bits per heavy atom. The van der Waals surface area contributed by atoms with Crippen molar-refractivity contribution in [2.24, 2.45) is 0 Å². The molecule has 1 saturated carbocycles. The number of hydrogen-bond acceptors (Lipinski definition) is 6. The number of ether oxygens (including phenoxy) is 1. The van der Waals surface area contributed by atoms with Gasteiger partial charge in [0.05, 0.1) is 16.7 Å². The Labute approximate surface area is 156 Å². The van der Waals surface area contributed by atoms with Gasteiger partial charge in [-0.15, -0.1) is 21.5 Å². The van der Waals surface area contributed by atoms with E-state index < -0.39 is 0 Å². The van der Waals surface area contributed by atoms with Gasteiger partial charge in [-0.2, -0.15) is 0 Å². The second-order valence-electron chi connectivity index (χ2n) is 6.30. The van der Waals surface area contributed by atoms with Gasteiger partial charge >= 0.3 is 0 Å². The molecule has 8 heteroatoms. The van der Waals surface area contributed by atoms with E-state index in [-0.39, 0.29) is 12.0 Å². The minimum Gasteiger partial charge on any atom is -0.379 e. The predicted octanol–water partition coefficient (Wildman–Crippen LogP) is 3.36. The van der Waals surface area contributed by atoms with Gasteiger partial charge in [-0.1, -0.05) is 17.8 Å². The number of thioether (sulfide) groups is 1. The zero-order valence-electron chi connectivity index (χ0n) is 14.6. The van der Waals surface area contributed by atoms with Crippen LogP contribution in [0.15, 0.2) is 22.7 Å². The second kappa shape index (κ2) is 8.82. The zero-order valence-corrected chi connectivity index (χ0v) is 16.2. The fourth-order valence-electron chi connectivity index (χ4n) is 2.41. The van der Waals surface area contributed by atoms with Crippen molar-refractivity contribution in [3.63, 3.8) is 0 Å². The summed E-state index contributed by atoms with van der Waals surface area (Å²) in [4.78, 5) is 13.1. The molecule has 0 saturated heterocycles. The maximum Gasteiger partial charge on any atom is 0.230 e. The number of nitrogens with one attached hydrogen (secondary N) is 1. The normalized spacial score (nSPS) is 14.2. The van der Waals surface area contributed by atoms with E-state index in [2.05, 4.69) is 26.1 Å². The van der Waals surface area contributed by atoms with E-state index in [4.69, 9.17) is 4.74 Å². The Bertz CT molecular complexity index is 681. The van der Waals surface area contributed by atoms with Gasteiger partial charge in [0.25, 0.3) is 0 Å². The van der Waals surface area contributed by atoms with E-state index >= 15 is 0 Å². The van der Waals surface area contributed by atoms with Crippen LogP contribution in [0.4, 0.5) is 0 Å². The van der Waals surface area contributed by atoms with Crippen molar-refractivity contribution in [2.45, 2.75) is 50.4 Å². The van der Waals surface area contributed by atoms with Gasteiger partial charge in [0.15, 0.2) is 11.0 Å². The first kappa shape index (κ1) is 18.4. The molecule has 1 aliphatic rings. The summed E-state index contributed by atoms with van der Waals surface area (Å²) in [5.74, 6) is 1.31. The molecule has 0 radical (unpaired) electrons. The van der Waals surface area contributed by atoms with E-state index in [1.54, 1.807) is 11.3 Å². The van der Waals surface area contributed by atoms with Crippen LogP contribution < -0.4 is 5.32 Å². The van der Waals surface area contributed by atoms with Crippen molar-refractivity contribution in [3.05, 3.63) is 17.5 Å². The fourth-order valence-corrected chi connectivity index (χ4v) is 3.95. The topological polar surface area (TPSA) is 69.0 Å². The van der Waals surface area contributed by atoms with Crippen molar-refractivity contribution in [2.75, 3.05) is 18.9 Å². The highest BCUT2D eigenvalue weighted by atomic mass is 32.2. The zero-order chi connectivity index (χ0) is 17.6. The second-order valence-corrected chi connectivity index (χ2v) is 8.19. The monoisotopic (exact) mass is 380 g/mol. The van der Waals surface area contributed by atoms with E-state index in [1.807, 2.05) is 25.3 Å². The number of amides is 1. The van der Waals surface area contributed by atoms with Crippen LogP contribution in [0, 0.1) is 0 Å². The Balaban J connectivity index is 1.49. The largest absolute Gasteiger partial charge is 0.379 e. The van der Waals surface area contributed by atoms with Crippen LogP contribution in [0.1, 0.15) is 39.2 Å². The molecule has 6 nitrogen and oxygen atoms in total. The number of nitrogens with zero attached hydrogens (tertiary/aromatic N) is 3. The summed E-state index contributed by atoms with van der Waals surface area (Å²) in [7, 11) is 0. The van der Waals surface area contributed by atoms with Gasteiger partial charge in [0.1, 0.15) is 0 Å². The number of carbonyl (C=O) groups excluding carboxylic acids is 1. The molecule has 1 aliphatic carbocycles. The molecular weight excluding hydrogens is 356 g/mol. The van der Waals surface area contributed by atoms with Crippen LogP contribution in [-0.2, 0) is 9.53 Å². The first-order valence-corrected chi connectivity index (χ1v) is 10.5. The van der Waals surface area contributed by atoms with Gasteiger partial charge in [-0.25, -0.2) is 0 Å². The molecule has 1 N–H and O–H groups in total. The average Bonchev–Trinajstić information content (AvgIpc) is 3.10. The summed E-state index contributed by atoms with van der Waals surface area (Å²) in [6.07, 6.45) is 3.38. The summed E-state index contributed by atoms with van der Waals surface area (Å²) in [6, 6.07) is 4.56. The van der Waals surface area contributed by atoms with E-state index in [9.17, 15) is 4.79 Å². The highest BCUT2D eigenvalue weighted by Gasteiger charge is 2.30. The fraction of sp³-hybridized carbons (Fsp3) is 0.588. The van der Waals surface area contributed by atoms with Gasteiger partial charge in [-0.05, 0) is 44.6 Å². The molecule has 2 aromatic heterocycles. The van der Waals surface area contributed by atoms with Crippen molar-refractivity contribution >= 4 is 29.0 Å². The van der Waals surface area contributed by atoms with Crippen molar-refractivity contribution in [1.29, 1.82) is 0 Å². The van der Waals surface area contributed by atoms with Crippen LogP contribution >= 0.6 is 23.1 Å². The number of thiophene rings is 1. The maximum absolute atomic E-state index is 12.0. The minimum atomic E-state index is 0.0255. The third-order valence-electron chi connectivity index (χ3n) is 3.74. The van der Waals surface area contributed by atoms with Crippen LogP contribution in [0.5, 0.6) is 0 Å². The van der Waals surface area contributed by atoms with E-state index in [0.29, 0.717) is 24.9 Å². The molecule has 1 amide bonds. The van der Waals surface area contributed by atoms with Crippen LogP contribution in [0.25, 0.3) is 10.7 Å². The summed E-state index contributed by atoms with van der Waals surface area (Å²) in [6.45, 7) is 5.33. The van der Waals surface area contributed by atoms with Crippen molar-refractivity contribution in [3.8, 4) is 10.7 Å². The predicted molar refractivity (Wildman–Crippen MR) is 101 cm³/mol. The lowest BCUT2D eigenvalue weighted by atomic mass is 10.4. The number of aromatic nitrogens is 3. The molecule has 25 heavy (non-hydrogen) atoms. The Morgan fingerprint density at radius 3 is 3.00 bits per heavy atom. The minimum absolute atomic E-state index is 0.0255. The lowest BCUT2D eigenvalue weighted by Crippen LogP contribution is -2.27. The lowest BCUT2D eigenvalue weighted by molar-refractivity contribution is -0.118. The maximum atomic E-state index is 12.0. The van der Waals surface area contributed by atoms with Gasteiger partial charge in [0, 0.05) is 19.2 Å². The Morgan fingerprint density at radius 2 is 2.32 bits per heavy atom. The molecule has 2 aromatic rings. The quantitative estimate of drug-likeness (QED) is 0.506. The highest BCUT2D eigenvalue weighted by Crippen LogP contribution is 2.41. The molecule has 0 spiro atoms. The van der Waals surface area contributed by atoms with Crippen molar-refractivity contribution in [1.82, 2.24) is 20.1 Å². The lowest BCUT2D eigenvalue weighted by Gasteiger charge is -2.09. The van der Waals surface area contributed by atoms with Gasteiger partial charge < -0.3 is 10.1 Å². The molecule has 1 fully saturated rings. The van der Waals surface area contributed by atoms with Crippen LogP contribution in [-0.4, -0.2) is 45.7 Å². The standard InChI is InChI=1S/C17H24N4O2S2/c1-12(2)23-9-4-8-18-15(22)11-25-17-20-19-16(14-5-3-10-24-14)21(17)13-6-7-13/h3,5,10,12-13H,4,6-9,11H2,1-2H3,(H,18,22). The Kier molecular flexibility index (Phi) is 6.50. The third kappa shape index (κ3) is 5.29. The molecule has 0 aromatic carbocycles. The number of rotatable bonds is 10. The summed E-state index contributed by atoms with van der Waals surface area (Å²) in [5, 5.41) is 14.5. The first-order chi connectivity index (χ1) is 12.1. The van der Waals surface area contributed by atoms with Crippen molar-refractivity contribution < 1.29 is 9.53 Å². The van der Waals surface area contributed by atoms with Crippen LogP contribution in [0.3, 0.4) is 0 Å². The van der Waals surface area contributed by atoms with Crippen LogP contribution in [0.2, 0.25) is 0 Å². The molecule has 0 unspecified atom stereocenters. The molecule has 0 atom stereocenters. The Hall–Kier alpha value is -1.38. The number of hydrogen-bond donors (Lipinski definition) is 1. The summed E-state index contributed by atoms with van der Waals surface area (Å²) in [5.41, 5.74) is 0. The molecule has 136 valence electrons. The van der Waals surface area contributed by atoms with E-state index in [0.717, 1.165) is 35.1 Å². The molecule has 3 rings (SSSR count). The average molecular weight is 381 g/mol. The number of carbonyl (C=O) groups is 1. The molecule has 2 heterocycles. The van der Waals surface area contributed by atoms with Gasteiger partial charge in [-0.3, -0.25) is 9.36 Å². The third-order valence-corrected chi connectivity index (χ3v) is 5.55. The smallest absolute Gasteiger partial charge is 0.230 e. The first-order valence-electron chi connectivity index (χ1n) is 8.65. The summed E-state index contributed by atoms with van der Waals surface area (Å²) < 4.78 is 7.66.